The van der Waals surface area contributed by atoms with Crippen molar-refractivity contribution in [1.29, 1.82) is 0 Å². The number of hydrogen-bond donors (Lipinski definition) is 1. The summed E-state index contributed by atoms with van der Waals surface area (Å²) in [6, 6.07) is 2.09. The first-order valence-electron chi connectivity index (χ1n) is 7.53. The third kappa shape index (κ3) is 2.84. The number of fused-ring (bicyclic) bond motifs is 1. The van der Waals surface area contributed by atoms with Crippen LogP contribution in [0.3, 0.4) is 0 Å². The lowest BCUT2D eigenvalue weighted by Crippen LogP contribution is -2.44. The van der Waals surface area contributed by atoms with Gasteiger partial charge in [-0.15, -0.1) is 0 Å². The summed E-state index contributed by atoms with van der Waals surface area (Å²) >= 11 is 0. The Morgan fingerprint density at radius 3 is 2.70 bits per heavy atom. The SMILES string of the molecule is CCOC(=O)c1cnc2c(F)ccc(F)c2c1N1CCNCC1. The number of nitrogens with one attached hydrogen (secondary N) is 1. The van der Waals surface area contributed by atoms with Gasteiger partial charge in [0.05, 0.1) is 17.7 Å². The van der Waals surface area contributed by atoms with E-state index in [1.807, 2.05) is 4.90 Å². The lowest BCUT2D eigenvalue weighted by Gasteiger charge is -2.31. The molecule has 0 radical (unpaired) electrons. The van der Waals surface area contributed by atoms with Gasteiger partial charge < -0.3 is 15.0 Å². The number of anilines is 1. The summed E-state index contributed by atoms with van der Waals surface area (Å²) in [6.45, 7) is 4.45. The third-order valence-corrected chi connectivity index (χ3v) is 3.82. The highest BCUT2D eigenvalue weighted by Gasteiger charge is 2.25. The third-order valence-electron chi connectivity index (χ3n) is 3.82. The van der Waals surface area contributed by atoms with E-state index in [-0.39, 0.29) is 23.1 Å². The molecule has 1 N–H and O–H groups in total. The van der Waals surface area contributed by atoms with Crippen LogP contribution in [0.5, 0.6) is 0 Å². The molecule has 23 heavy (non-hydrogen) atoms. The van der Waals surface area contributed by atoms with Crippen molar-refractivity contribution >= 4 is 22.6 Å². The van der Waals surface area contributed by atoms with E-state index in [0.29, 0.717) is 31.9 Å². The Kier molecular flexibility index (Phi) is 4.38. The molecule has 1 fully saturated rings. The Balaban J connectivity index is 2.26. The molecule has 0 atom stereocenters. The average Bonchev–Trinajstić information content (AvgIpc) is 2.58. The first kappa shape index (κ1) is 15.6. The van der Waals surface area contributed by atoms with E-state index in [0.717, 1.165) is 12.1 Å². The number of carbonyl (C=O) groups excluding carboxylic acids is 1. The van der Waals surface area contributed by atoms with Crippen LogP contribution in [0, 0.1) is 11.6 Å². The minimum Gasteiger partial charge on any atom is -0.462 e. The molecule has 0 unspecified atom stereocenters. The van der Waals surface area contributed by atoms with E-state index in [2.05, 4.69) is 10.3 Å². The van der Waals surface area contributed by atoms with Gasteiger partial charge in [-0.3, -0.25) is 4.98 Å². The summed E-state index contributed by atoms with van der Waals surface area (Å²) in [4.78, 5) is 18.0. The van der Waals surface area contributed by atoms with Crippen LogP contribution in [0.4, 0.5) is 14.5 Å². The van der Waals surface area contributed by atoms with Crippen LogP contribution in [-0.2, 0) is 4.74 Å². The molecule has 1 aromatic heterocycles. The van der Waals surface area contributed by atoms with Crippen molar-refractivity contribution in [2.45, 2.75) is 6.92 Å². The first-order chi connectivity index (χ1) is 11.1. The molecule has 0 spiro atoms. The van der Waals surface area contributed by atoms with Crippen LogP contribution in [0.15, 0.2) is 18.3 Å². The van der Waals surface area contributed by atoms with Gasteiger partial charge in [-0.05, 0) is 19.1 Å². The quantitative estimate of drug-likeness (QED) is 0.878. The molecule has 7 heteroatoms. The number of halogens is 2. The summed E-state index contributed by atoms with van der Waals surface area (Å²) in [7, 11) is 0. The van der Waals surface area contributed by atoms with Crippen LogP contribution >= 0.6 is 0 Å². The summed E-state index contributed by atoms with van der Waals surface area (Å²) in [6.07, 6.45) is 1.26. The number of carbonyl (C=O) groups is 1. The summed E-state index contributed by atoms with van der Waals surface area (Å²) in [5.74, 6) is -1.80. The fraction of sp³-hybridized carbons (Fsp3) is 0.375. The van der Waals surface area contributed by atoms with Gasteiger partial charge >= 0.3 is 5.97 Å². The number of pyridine rings is 1. The molecule has 0 bridgehead atoms. The van der Waals surface area contributed by atoms with E-state index < -0.39 is 17.6 Å². The fourth-order valence-electron chi connectivity index (χ4n) is 2.79. The zero-order chi connectivity index (χ0) is 16.4. The average molecular weight is 321 g/mol. The lowest BCUT2D eigenvalue weighted by molar-refractivity contribution is 0.0526. The maximum Gasteiger partial charge on any atom is 0.341 e. The van der Waals surface area contributed by atoms with Gasteiger partial charge in [-0.1, -0.05) is 0 Å². The normalized spacial score (nSPS) is 15.0. The molecule has 0 amide bonds. The van der Waals surface area contributed by atoms with Crippen LogP contribution < -0.4 is 10.2 Å². The van der Waals surface area contributed by atoms with E-state index in [1.165, 1.54) is 6.20 Å². The molecule has 0 aliphatic carbocycles. The second-order valence-corrected chi connectivity index (χ2v) is 5.23. The van der Waals surface area contributed by atoms with Crippen LogP contribution in [-0.4, -0.2) is 43.7 Å². The molecule has 5 nitrogen and oxygen atoms in total. The highest BCUT2D eigenvalue weighted by molar-refractivity contribution is 6.05. The number of aromatic nitrogens is 1. The number of rotatable bonds is 3. The molecule has 122 valence electrons. The number of piperazine rings is 1. The van der Waals surface area contributed by atoms with Crippen molar-refractivity contribution in [2.24, 2.45) is 0 Å². The van der Waals surface area contributed by atoms with E-state index in [1.54, 1.807) is 6.92 Å². The van der Waals surface area contributed by atoms with Crippen molar-refractivity contribution in [3.63, 3.8) is 0 Å². The molecule has 2 heterocycles. The van der Waals surface area contributed by atoms with Gasteiger partial charge in [-0.2, -0.15) is 0 Å². The van der Waals surface area contributed by atoms with Crippen molar-refractivity contribution in [1.82, 2.24) is 10.3 Å². The predicted octanol–water partition coefficient (Wildman–Crippen LogP) is 2.10. The van der Waals surface area contributed by atoms with E-state index in [4.69, 9.17) is 4.74 Å². The topological polar surface area (TPSA) is 54.5 Å². The van der Waals surface area contributed by atoms with Gasteiger partial charge in [0.15, 0.2) is 0 Å². The van der Waals surface area contributed by atoms with Gasteiger partial charge in [0.2, 0.25) is 0 Å². The first-order valence-corrected chi connectivity index (χ1v) is 7.53. The van der Waals surface area contributed by atoms with Crippen molar-refractivity contribution in [3.8, 4) is 0 Å². The van der Waals surface area contributed by atoms with Gasteiger partial charge in [0, 0.05) is 32.4 Å². The molecule has 3 rings (SSSR count). The minimum absolute atomic E-state index is 0.0254. The Labute approximate surface area is 132 Å². The Morgan fingerprint density at radius 1 is 1.30 bits per heavy atom. The summed E-state index contributed by atoms with van der Waals surface area (Å²) in [5.41, 5.74) is 0.435. The number of hydrogen-bond acceptors (Lipinski definition) is 5. The summed E-state index contributed by atoms with van der Waals surface area (Å²) < 4.78 is 33.5. The molecule has 1 saturated heterocycles. The second kappa shape index (κ2) is 6.45. The standard InChI is InChI=1S/C16H17F2N3O2/c1-2-23-16(22)10-9-20-14-12(18)4-3-11(17)13(14)15(10)21-7-5-19-6-8-21/h3-4,9,19H,2,5-8H2,1H3. The molecule has 0 saturated carbocycles. The maximum atomic E-state index is 14.4. The van der Waals surface area contributed by atoms with Crippen LogP contribution in [0.2, 0.25) is 0 Å². The van der Waals surface area contributed by atoms with Crippen LogP contribution in [0.1, 0.15) is 17.3 Å². The highest BCUT2D eigenvalue weighted by Crippen LogP contribution is 2.33. The highest BCUT2D eigenvalue weighted by atomic mass is 19.1. The predicted molar refractivity (Wildman–Crippen MR) is 82.7 cm³/mol. The molecular formula is C16H17F2N3O2. The van der Waals surface area contributed by atoms with Gasteiger partial charge in [-0.25, -0.2) is 13.6 Å². The zero-order valence-corrected chi connectivity index (χ0v) is 12.7. The van der Waals surface area contributed by atoms with E-state index >= 15 is 0 Å². The van der Waals surface area contributed by atoms with E-state index in [9.17, 15) is 13.6 Å². The Morgan fingerprint density at radius 2 is 2.00 bits per heavy atom. The second-order valence-electron chi connectivity index (χ2n) is 5.23. The Bertz CT molecular complexity index is 746. The molecule has 2 aromatic rings. The molecule has 1 aliphatic heterocycles. The van der Waals surface area contributed by atoms with Crippen LogP contribution in [0.25, 0.3) is 10.9 Å². The minimum atomic E-state index is -0.617. The van der Waals surface area contributed by atoms with Gasteiger partial charge in [0.1, 0.15) is 22.7 Å². The van der Waals surface area contributed by atoms with Crippen molar-refractivity contribution in [2.75, 3.05) is 37.7 Å². The maximum absolute atomic E-state index is 14.4. The van der Waals surface area contributed by atoms with Crippen molar-refractivity contribution in [3.05, 3.63) is 35.5 Å². The number of nitrogens with zero attached hydrogens (tertiary/aromatic N) is 2. The Hall–Kier alpha value is -2.28. The molecular weight excluding hydrogens is 304 g/mol. The number of benzene rings is 1. The number of ether oxygens (including phenoxy) is 1. The number of esters is 1. The smallest absolute Gasteiger partial charge is 0.341 e. The monoisotopic (exact) mass is 321 g/mol. The lowest BCUT2D eigenvalue weighted by atomic mass is 10.1. The van der Waals surface area contributed by atoms with Crippen molar-refractivity contribution < 1.29 is 18.3 Å². The largest absolute Gasteiger partial charge is 0.462 e. The van der Waals surface area contributed by atoms with Gasteiger partial charge in [0.25, 0.3) is 0 Å². The zero-order valence-electron chi connectivity index (χ0n) is 12.7. The summed E-state index contributed by atoms with van der Waals surface area (Å²) in [5, 5.41) is 3.22. The molecule has 1 aliphatic rings. The fourth-order valence-corrected chi connectivity index (χ4v) is 2.79. The molecule has 1 aromatic carbocycles.